The summed E-state index contributed by atoms with van der Waals surface area (Å²) in [6.45, 7) is 16.4. The van der Waals surface area contributed by atoms with Gasteiger partial charge in [-0.2, -0.15) is 0 Å². The van der Waals surface area contributed by atoms with Crippen molar-refractivity contribution in [2.24, 2.45) is 5.92 Å². The van der Waals surface area contributed by atoms with Crippen molar-refractivity contribution < 1.29 is 4.79 Å². The Morgan fingerprint density at radius 1 is 1.31 bits per heavy atom. The van der Waals surface area contributed by atoms with Gasteiger partial charge < -0.3 is 10.2 Å². The second-order valence-corrected chi connectivity index (χ2v) is 10.5. The molecule has 0 unspecified atom stereocenters. The van der Waals surface area contributed by atoms with Crippen LogP contribution in [0.1, 0.15) is 89.6 Å². The van der Waals surface area contributed by atoms with Gasteiger partial charge in [0.25, 0.3) is 5.91 Å². The highest BCUT2D eigenvalue weighted by atomic mass is 32.1. The molecular formula is C21H37N3OS. The third kappa shape index (κ3) is 5.78. The molecule has 1 aliphatic rings. The topological polar surface area (TPSA) is 45.2 Å². The van der Waals surface area contributed by atoms with Gasteiger partial charge >= 0.3 is 0 Å². The lowest BCUT2D eigenvalue weighted by atomic mass is 9.79. The van der Waals surface area contributed by atoms with Gasteiger partial charge in [-0.1, -0.05) is 27.2 Å². The van der Waals surface area contributed by atoms with Gasteiger partial charge in [-0.05, 0) is 52.9 Å². The predicted molar refractivity (Wildman–Crippen MR) is 111 cm³/mol. The number of nitrogens with one attached hydrogen (secondary N) is 1. The van der Waals surface area contributed by atoms with Crippen LogP contribution in [-0.4, -0.2) is 39.5 Å². The molecule has 26 heavy (non-hydrogen) atoms. The van der Waals surface area contributed by atoms with Gasteiger partial charge in [-0.15, -0.1) is 11.3 Å². The zero-order valence-corrected chi connectivity index (χ0v) is 18.5. The fourth-order valence-electron chi connectivity index (χ4n) is 4.27. The highest BCUT2D eigenvalue weighted by molar-refractivity contribution is 7.09. The molecular weight excluding hydrogens is 342 g/mol. The highest BCUT2D eigenvalue weighted by Gasteiger charge is 2.41. The molecule has 0 saturated carbocycles. The van der Waals surface area contributed by atoms with Crippen molar-refractivity contribution in [1.82, 2.24) is 15.2 Å². The van der Waals surface area contributed by atoms with Crippen molar-refractivity contribution in [2.45, 2.75) is 97.7 Å². The maximum atomic E-state index is 13.3. The average molecular weight is 380 g/mol. The monoisotopic (exact) mass is 379 g/mol. The molecule has 1 aromatic rings. The number of aromatic nitrogens is 1. The predicted octanol–water partition coefficient (Wildman–Crippen LogP) is 4.89. The molecule has 2 rings (SSSR count). The van der Waals surface area contributed by atoms with E-state index in [0.29, 0.717) is 11.6 Å². The van der Waals surface area contributed by atoms with Crippen molar-refractivity contribution in [2.75, 3.05) is 6.54 Å². The van der Waals surface area contributed by atoms with E-state index in [-0.39, 0.29) is 23.0 Å². The van der Waals surface area contributed by atoms with Crippen molar-refractivity contribution >= 4 is 17.2 Å². The van der Waals surface area contributed by atoms with Gasteiger partial charge in [0.15, 0.2) is 0 Å². The molecule has 1 fully saturated rings. The van der Waals surface area contributed by atoms with Gasteiger partial charge in [0.05, 0.1) is 5.01 Å². The van der Waals surface area contributed by atoms with E-state index in [1.54, 1.807) is 11.3 Å². The van der Waals surface area contributed by atoms with Crippen LogP contribution < -0.4 is 5.32 Å². The summed E-state index contributed by atoms with van der Waals surface area (Å²) in [5, 5.41) is 6.75. The number of carbonyl (C=O) groups excluding carboxylic acids is 1. The van der Waals surface area contributed by atoms with Gasteiger partial charge in [0.2, 0.25) is 0 Å². The molecule has 0 spiro atoms. The Labute approximate surface area is 163 Å². The van der Waals surface area contributed by atoms with E-state index in [1.807, 2.05) is 5.38 Å². The molecule has 1 aliphatic heterocycles. The summed E-state index contributed by atoms with van der Waals surface area (Å²) in [7, 11) is 0. The Morgan fingerprint density at radius 2 is 1.92 bits per heavy atom. The Kier molecular flexibility index (Phi) is 6.89. The normalized spacial score (nSPS) is 19.7. The zero-order valence-electron chi connectivity index (χ0n) is 17.7. The number of amides is 1. The summed E-state index contributed by atoms with van der Waals surface area (Å²) < 4.78 is 0. The molecule has 4 nitrogen and oxygen atoms in total. The fourth-order valence-corrected chi connectivity index (χ4v) is 5.25. The van der Waals surface area contributed by atoms with Gasteiger partial charge in [-0.25, -0.2) is 4.98 Å². The van der Waals surface area contributed by atoms with Gasteiger partial charge in [0.1, 0.15) is 5.69 Å². The number of unbranched alkanes of at least 4 members (excludes halogenated alkanes) is 1. The van der Waals surface area contributed by atoms with Crippen LogP contribution in [0.5, 0.6) is 0 Å². The van der Waals surface area contributed by atoms with Crippen LogP contribution in [0.2, 0.25) is 0 Å². The van der Waals surface area contributed by atoms with Crippen LogP contribution in [0, 0.1) is 5.92 Å². The first-order valence-corrected chi connectivity index (χ1v) is 11.0. The quantitative estimate of drug-likeness (QED) is 0.733. The smallest absolute Gasteiger partial charge is 0.273 e. The third-order valence-electron chi connectivity index (χ3n) is 4.98. The number of hydrogen-bond acceptors (Lipinski definition) is 4. The van der Waals surface area contributed by atoms with E-state index in [4.69, 9.17) is 0 Å². The largest absolute Gasteiger partial charge is 0.334 e. The minimum absolute atomic E-state index is 0.0298. The molecule has 1 saturated heterocycles. The van der Waals surface area contributed by atoms with E-state index in [9.17, 15) is 4.79 Å². The molecule has 0 atom stereocenters. The third-order valence-corrected chi connectivity index (χ3v) is 5.85. The molecule has 5 heteroatoms. The van der Waals surface area contributed by atoms with E-state index in [1.165, 1.54) is 0 Å². The second kappa shape index (κ2) is 8.39. The lowest BCUT2D eigenvalue weighted by Gasteiger charge is -2.49. The Hall–Kier alpha value is -0.940. The first kappa shape index (κ1) is 21.4. The average Bonchev–Trinajstić information content (AvgIpc) is 2.91. The Morgan fingerprint density at radius 3 is 2.46 bits per heavy atom. The van der Waals surface area contributed by atoms with Gasteiger partial charge in [0, 0.05) is 35.5 Å². The molecule has 0 aromatic carbocycles. The zero-order chi connectivity index (χ0) is 19.5. The summed E-state index contributed by atoms with van der Waals surface area (Å²) >= 11 is 1.62. The second-order valence-electron chi connectivity index (χ2n) is 9.53. The molecule has 0 aliphatic carbocycles. The lowest BCUT2D eigenvalue weighted by molar-refractivity contribution is 0.0437. The van der Waals surface area contributed by atoms with Crippen LogP contribution >= 0.6 is 11.3 Å². The number of rotatable bonds is 7. The summed E-state index contributed by atoms with van der Waals surface area (Å²) in [6.07, 6.45) is 5.04. The van der Waals surface area contributed by atoms with Crippen molar-refractivity contribution in [3.8, 4) is 0 Å². The van der Waals surface area contributed by atoms with Crippen molar-refractivity contribution in [3.05, 3.63) is 16.1 Å². The minimum atomic E-state index is 0.0298. The van der Waals surface area contributed by atoms with E-state index < -0.39 is 0 Å². The first-order chi connectivity index (χ1) is 12.0. The van der Waals surface area contributed by atoms with Crippen LogP contribution in [0.4, 0.5) is 0 Å². The number of piperidine rings is 1. The van der Waals surface area contributed by atoms with Crippen LogP contribution in [0.3, 0.4) is 0 Å². The van der Waals surface area contributed by atoms with E-state index in [0.717, 1.165) is 43.7 Å². The molecule has 148 valence electrons. The number of hydrogen-bond donors (Lipinski definition) is 1. The minimum Gasteiger partial charge on any atom is -0.334 e. The standard InChI is InChI=1S/C21H37N3OS/c1-8-9-10-24(16-12-20(4,5)23-21(6,7)13-16)19(25)17-14-26-18(22-17)11-15(2)3/h14-16,23H,8-13H2,1-7H3. The lowest BCUT2D eigenvalue weighted by Crippen LogP contribution is -2.62. The maximum Gasteiger partial charge on any atom is 0.273 e. The first-order valence-electron chi connectivity index (χ1n) is 10.1. The molecule has 1 aromatic heterocycles. The highest BCUT2D eigenvalue weighted by Crippen LogP contribution is 2.32. The van der Waals surface area contributed by atoms with Gasteiger partial charge in [-0.3, -0.25) is 4.79 Å². The molecule has 1 amide bonds. The maximum absolute atomic E-state index is 13.3. The number of nitrogens with zero attached hydrogens (tertiary/aromatic N) is 2. The summed E-state index contributed by atoms with van der Waals surface area (Å²) in [6, 6.07) is 0.260. The van der Waals surface area contributed by atoms with E-state index in [2.05, 4.69) is 63.7 Å². The molecule has 2 heterocycles. The number of carbonyl (C=O) groups is 1. The summed E-state index contributed by atoms with van der Waals surface area (Å²) in [5.41, 5.74) is 0.695. The van der Waals surface area contributed by atoms with Crippen LogP contribution in [0.25, 0.3) is 0 Å². The Balaban J connectivity index is 2.23. The Bertz CT molecular complexity index is 590. The molecule has 0 bridgehead atoms. The fraction of sp³-hybridized carbons (Fsp3) is 0.810. The van der Waals surface area contributed by atoms with Crippen molar-refractivity contribution in [1.29, 1.82) is 0 Å². The van der Waals surface area contributed by atoms with Crippen LogP contribution in [0.15, 0.2) is 5.38 Å². The molecule has 0 radical (unpaired) electrons. The number of thiazole rings is 1. The van der Waals surface area contributed by atoms with Crippen molar-refractivity contribution in [3.63, 3.8) is 0 Å². The van der Waals surface area contributed by atoms with Crippen LogP contribution in [-0.2, 0) is 6.42 Å². The summed E-state index contributed by atoms with van der Waals surface area (Å²) in [5.74, 6) is 0.675. The molecule has 1 N–H and O–H groups in total. The van der Waals surface area contributed by atoms with E-state index >= 15 is 0 Å². The summed E-state index contributed by atoms with van der Waals surface area (Å²) in [4.78, 5) is 20.1. The SMILES string of the molecule is CCCCN(C(=O)c1csc(CC(C)C)n1)C1CC(C)(C)NC(C)(C)C1.